The SMILES string of the molecule is COCc1cccc(OCc2nc3c(N)cccc3o2)c1. The molecule has 0 aliphatic heterocycles. The van der Waals surface area contributed by atoms with E-state index in [4.69, 9.17) is 19.6 Å². The highest BCUT2D eigenvalue weighted by atomic mass is 16.5. The van der Waals surface area contributed by atoms with E-state index < -0.39 is 0 Å². The Bertz CT molecular complexity index is 752. The van der Waals surface area contributed by atoms with E-state index in [0.717, 1.165) is 11.3 Å². The first-order valence-corrected chi connectivity index (χ1v) is 6.61. The van der Waals surface area contributed by atoms with Crippen LogP contribution >= 0.6 is 0 Å². The van der Waals surface area contributed by atoms with E-state index in [-0.39, 0.29) is 6.61 Å². The summed E-state index contributed by atoms with van der Waals surface area (Å²) in [5.74, 6) is 1.25. The van der Waals surface area contributed by atoms with Crippen molar-refractivity contribution in [3.8, 4) is 5.75 Å². The molecule has 0 fully saturated rings. The van der Waals surface area contributed by atoms with Crippen LogP contribution < -0.4 is 10.5 Å². The van der Waals surface area contributed by atoms with Crippen molar-refractivity contribution in [1.29, 1.82) is 0 Å². The summed E-state index contributed by atoms with van der Waals surface area (Å²) in [5, 5.41) is 0. The summed E-state index contributed by atoms with van der Waals surface area (Å²) in [6.45, 7) is 0.807. The van der Waals surface area contributed by atoms with E-state index in [2.05, 4.69) is 4.98 Å². The van der Waals surface area contributed by atoms with Gasteiger partial charge in [-0.2, -0.15) is 0 Å². The van der Waals surface area contributed by atoms with Crippen LogP contribution in [0, 0.1) is 0 Å². The zero-order valence-corrected chi connectivity index (χ0v) is 11.7. The van der Waals surface area contributed by atoms with Gasteiger partial charge in [-0.15, -0.1) is 0 Å². The van der Waals surface area contributed by atoms with Gasteiger partial charge in [-0.1, -0.05) is 18.2 Å². The molecular weight excluding hydrogens is 268 g/mol. The van der Waals surface area contributed by atoms with Gasteiger partial charge in [-0.3, -0.25) is 0 Å². The third-order valence-electron chi connectivity index (χ3n) is 3.07. The average Bonchev–Trinajstić information content (AvgIpc) is 2.91. The second-order valence-electron chi connectivity index (χ2n) is 4.67. The maximum absolute atomic E-state index is 5.85. The van der Waals surface area contributed by atoms with Crippen molar-refractivity contribution in [3.05, 3.63) is 53.9 Å². The highest BCUT2D eigenvalue weighted by Crippen LogP contribution is 2.22. The van der Waals surface area contributed by atoms with E-state index in [1.165, 1.54) is 0 Å². The van der Waals surface area contributed by atoms with Crippen LogP contribution in [0.4, 0.5) is 5.69 Å². The number of anilines is 1. The number of rotatable bonds is 5. The maximum Gasteiger partial charge on any atom is 0.233 e. The molecule has 3 rings (SSSR count). The minimum atomic E-state index is 0.255. The minimum Gasteiger partial charge on any atom is -0.484 e. The number of benzene rings is 2. The highest BCUT2D eigenvalue weighted by Gasteiger charge is 2.08. The maximum atomic E-state index is 5.85. The molecular formula is C16H16N2O3. The Kier molecular flexibility index (Phi) is 3.75. The van der Waals surface area contributed by atoms with E-state index >= 15 is 0 Å². The van der Waals surface area contributed by atoms with Gasteiger partial charge in [0, 0.05) is 7.11 Å². The summed E-state index contributed by atoms with van der Waals surface area (Å²) in [6, 6.07) is 13.2. The standard InChI is InChI=1S/C16H16N2O3/c1-19-9-11-4-2-5-12(8-11)20-10-15-18-16-13(17)6-3-7-14(16)21-15/h2-8H,9-10,17H2,1H3. The number of nitrogen functional groups attached to an aromatic ring is 1. The van der Waals surface area contributed by atoms with E-state index in [0.29, 0.717) is 29.3 Å². The molecule has 2 N–H and O–H groups in total. The van der Waals surface area contributed by atoms with Crippen molar-refractivity contribution in [2.75, 3.05) is 12.8 Å². The number of hydrogen-bond donors (Lipinski definition) is 1. The average molecular weight is 284 g/mol. The molecule has 2 aromatic carbocycles. The van der Waals surface area contributed by atoms with Gasteiger partial charge in [0.25, 0.3) is 0 Å². The first-order valence-electron chi connectivity index (χ1n) is 6.61. The molecule has 0 aliphatic rings. The Hall–Kier alpha value is -2.53. The molecule has 0 saturated heterocycles. The predicted molar refractivity (Wildman–Crippen MR) is 79.9 cm³/mol. The molecule has 21 heavy (non-hydrogen) atoms. The van der Waals surface area contributed by atoms with Crippen molar-refractivity contribution in [1.82, 2.24) is 4.98 Å². The van der Waals surface area contributed by atoms with Crippen LogP contribution in [-0.4, -0.2) is 12.1 Å². The number of para-hydroxylation sites is 1. The lowest BCUT2D eigenvalue weighted by atomic mass is 10.2. The molecule has 1 heterocycles. The van der Waals surface area contributed by atoms with Crippen LogP contribution in [0.3, 0.4) is 0 Å². The van der Waals surface area contributed by atoms with Gasteiger partial charge in [-0.05, 0) is 29.8 Å². The fraction of sp³-hybridized carbons (Fsp3) is 0.188. The van der Waals surface area contributed by atoms with Crippen molar-refractivity contribution in [3.63, 3.8) is 0 Å². The van der Waals surface area contributed by atoms with Crippen LogP contribution in [0.15, 0.2) is 46.9 Å². The Morgan fingerprint density at radius 3 is 2.81 bits per heavy atom. The van der Waals surface area contributed by atoms with Gasteiger partial charge in [0.2, 0.25) is 5.89 Å². The lowest BCUT2D eigenvalue weighted by Crippen LogP contribution is -1.96. The van der Waals surface area contributed by atoms with Crippen molar-refractivity contribution in [2.45, 2.75) is 13.2 Å². The molecule has 0 radical (unpaired) electrons. The van der Waals surface area contributed by atoms with Crippen molar-refractivity contribution < 1.29 is 13.9 Å². The number of hydrogen-bond acceptors (Lipinski definition) is 5. The Morgan fingerprint density at radius 1 is 1.14 bits per heavy atom. The number of ether oxygens (including phenoxy) is 2. The number of fused-ring (bicyclic) bond motifs is 1. The summed E-state index contributed by atoms with van der Waals surface area (Å²) in [5.41, 5.74) is 8.85. The molecule has 0 aliphatic carbocycles. The molecule has 0 atom stereocenters. The molecule has 108 valence electrons. The lowest BCUT2D eigenvalue weighted by Gasteiger charge is -2.05. The molecule has 0 saturated carbocycles. The van der Waals surface area contributed by atoms with E-state index in [1.807, 2.05) is 36.4 Å². The van der Waals surface area contributed by atoms with Crippen LogP contribution in [0.25, 0.3) is 11.1 Å². The molecule has 3 aromatic rings. The van der Waals surface area contributed by atoms with Gasteiger partial charge in [0.1, 0.15) is 11.3 Å². The van der Waals surface area contributed by atoms with Crippen molar-refractivity contribution >= 4 is 16.8 Å². The van der Waals surface area contributed by atoms with Gasteiger partial charge < -0.3 is 19.6 Å². The monoisotopic (exact) mass is 284 g/mol. The third kappa shape index (κ3) is 2.98. The normalized spacial score (nSPS) is 10.9. The van der Waals surface area contributed by atoms with Gasteiger partial charge in [-0.25, -0.2) is 4.98 Å². The van der Waals surface area contributed by atoms with Gasteiger partial charge in [0.05, 0.1) is 12.3 Å². The topological polar surface area (TPSA) is 70.5 Å². The fourth-order valence-corrected chi connectivity index (χ4v) is 2.11. The Labute approximate surface area is 122 Å². The number of aromatic nitrogens is 1. The van der Waals surface area contributed by atoms with Gasteiger partial charge in [0.15, 0.2) is 12.2 Å². The highest BCUT2D eigenvalue weighted by molar-refractivity contribution is 5.85. The zero-order chi connectivity index (χ0) is 14.7. The number of methoxy groups -OCH3 is 1. The molecule has 5 heteroatoms. The Morgan fingerprint density at radius 2 is 2.00 bits per heavy atom. The third-order valence-corrected chi connectivity index (χ3v) is 3.07. The lowest BCUT2D eigenvalue weighted by molar-refractivity contribution is 0.184. The summed E-state index contributed by atoms with van der Waals surface area (Å²) in [6.07, 6.45) is 0. The number of nitrogens with two attached hydrogens (primary N) is 1. The van der Waals surface area contributed by atoms with Crippen LogP contribution in [-0.2, 0) is 18.0 Å². The largest absolute Gasteiger partial charge is 0.484 e. The summed E-state index contributed by atoms with van der Waals surface area (Å²) < 4.78 is 16.4. The quantitative estimate of drug-likeness (QED) is 0.729. The molecule has 0 amide bonds. The van der Waals surface area contributed by atoms with Crippen LogP contribution in [0.2, 0.25) is 0 Å². The predicted octanol–water partition coefficient (Wildman–Crippen LogP) is 3.14. The first-order chi connectivity index (χ1) is 10.3. The molecule has 0 bridgehead atoms. The number of oxazole rings is 1. The summed E-state index contributed by atoms with van der Waals surface area (Å²) in [7, 11) is 1.66. The molecule has 5 nitrogen and oxygen atoms in total. The molecule has 0 spiro atoms. The van der Waals surface area contributed by atoms with Crippen LogP contribution in [0.5, 0.6) is 5.75 Å². The van der Waals surface area contributed by atoms with E-state index in [9.17, 15) is 0 Å². The first kappa shape index (κ1) is 13.5. The fourth-order valence-electron chi connectivity index (χ4n) is 2.11. The zero-order valence-electron chi connectivity index (χ0n) is 11.7. The molecule has 1 aromatic heterocycles. The second kappa shape index (κ2) is 5.85. The summed E-state index contributed by atoms with van der Waals surface area (Å²) in [4.78, 5) is 4.34. The minimum absolute atomic E-state index is 0.255. The van der Waals surface area contributed by atoms with Gasteiger partial charge >= 0.3 is 0 Å². The molecule has 0 unspecified atom stereocenters. The van der Waals surface area contributed by atoms with E-state index in [1.54, 1.807) is 13.2 Å². The van der Waals surface area contributed by atoms with Crippen molar-refractivity contribution in [2.24, 2.45) is 0 Å². The van der Waals surface area contributed by atoms with Crippen LogP contribution in [0.1, 0.15) is 11.5 Å². The number of nitrogens with zero attached hydrogens (tertiary/aromatic N) is 1. The second-order valence-corrected chi connectivity index (χ2v) is 4.67. The Balaban J connectivity index is 1.74. The summed E-state index contributed by atoms with van der Waals surface area (Å²) >= 11 is 0. The smallest absolute Gasteiger partial charge is 0.233 e.